The van der Waals surface area contributed by atoms with Crippen molar-refractivity contribution in [3.63, 3.8) is 0 Å². The topological polar surface area (TPSA) is 65.2 Å². The molecule has 0 aliphatic carbocycles. The summed E-state index contributed by atoms with van der Waals surface area (Å²) in [7, 11) is 0. The molecule has 0 fully saturated rings. The van der Waals surface area contributed by atoms with Gasteiger partial charge in [0.1, 0.15) is 6.61 Å². The SMILES string of the molecule is C/C(N)=C/C(=O)OC/C=C/c1cccnc1. The molecule has 2 N–H and O–H groups in total. The fraction of sp³-hybridized carbons (Fsp3) is 0.167. The molecule has 0 atom stereocenters. The fourth-order valence-corrected chi connectivity index (χ4v) is 1.02. The molecule has 0 bridgehead atoms. The van der Waals surface area contributed by atoms with Gasteiger partial charge in [0.25, 0.3) is 0 Å². The molecule has 0 amide bonds. The van der Waals surface area contributed by atoms with Gasteiger partial charge in [0, 0.05) is 24.2 Å². The standard InChI is InChI=1S/C12H14N2O2/c1-10(13)8-12(15)16-7-3-5-11-4-2-6-14-9-11/h2-6,8-9H,7,13H2,1H3/b5-3+,10-8-. The van der Waals surface area contributed by atoms with Gasteiger partial charge in [0.2, 0.25) is 0 Å². The minimum absolute atomic E-state index is 0.220. The zero-order valence-electron chi connectivity index (χ0n) is 9.09. The van der Waals surface area contributed by atoms with Crippen molar-refractivity contribution in [3.05, 3.63) is 47.9 Å². The number of carbonyl (C=O) groups is 1. The molecule has 0 unspecified atom stereocenters. The maximum atomic E-state index is 11.0. The highest BCUT2D eigenvalue weighted by Crippen LogP contribution is 1.98. The Bertz CT molecular complexity index is 393. The molecule has 16 heavy (non-hydrogen) atoms. The van der Waals surface area contributed by atoms with Gasteiger partial charge in [0.15, 0.2) is 0 Å². The number of carbonyl (C=O) groups excluding carboxylic acids is 1. The summed E-state index contributed by atoms with van der Waals surface area (Å²) < 4.78 is 4.87. The summed E-state index contributed by atoms with van der Waals surface area (Å²) in [6.07, 6.45) is 8.25. The lowest BCUT2D eigenvalue weighted by atomic mass is 10.3. The largest absolute Gasteiger partial charge is 0.458 e. The third-order valence-electron chi connectivity index (χ3n) is 1.66. The van der Waals surface area contributed by atoms with Crippen LogP contribution < -0.4 is 5.73 Å². The Hall–Kier alpha value is -2.10. The summed E-state index contributed by atoms with van der Waals surface area (Å²) in [5, 5.41) is 0. The van der Waals surface area contributed by atoms with Gasteiger partial charge in [-0.2, -0.15) is 0 Å². The molecule has 0 aromatic carbocycles. The van der Waals surface area contributed by atoms with Crippen LogP contribution in [0.15, 0.2) is 42.4 Å². The van der Waals surface area contributed by atoms with Crippen molar-refractivity contribution < 1.29 is 9.53 Å². The third kappa shape index (κ3) is 4.95. The predicted molar refractivity (Wildman–Crippen MR) is 62.2 cm³/mol. The molecule has 1 aromatic heterocycles. The van der Waals surface area contributed by atoms with Gasteiger partial charge in [-0.3, -0.25) is 4.98 Å². The van der Waals surface area contributed by atoms with Crippen LogP contribution in [0.5, 0.6) is 0 Å². The first-order valence-electron chi connectivity index (χ1n) is 4.85. The van der Waals surface area contributed by atoms with Crippen LogP contribution in [0.1, 0.15) is 12.5 Å². The number of rotatable bonds is 4. The molecule has 4 heteroatoms. The number of ether oxygens (including phenoxy) is 1. The van der Waals surface area contributed by atoms with Crippen LogP contribution in [-0.4, -0.2) is 17.6 Å². The second-order valence-corrected chi connectivity index (χ2v) is 3.21. The first-order valence-corrected chi connectivity index (χ1v) is 4.85. The second kappa shape index (κ2) is 6.40. The maximum Gasteiger partial charge on any atom is 0.332 e. The Morgan fingerprint density at radius 2 is 2.44 bits per heavy atom. The van der Waals surface area contributed by atoms with Gasteiger partial charge in [-0.05, 0) is 24.6 Å². The van der Waals surface area contributed by atoms with E-state index in [-0.39, 0.29) is 6.61 Å². The van der Waals surface area contributed by atoms with E-state index in [1.54, 1.807) is 25.4 Å². The fourth-order valence-electron chi connectivity index (χ4n) is 1.02. The molecule has 0 aliphatic rings. The van der Waals surface area contributed by atoms with Crippen LogP contribution >= 0.6 is 0 Å². The van der Waals surface area contributed by atoms with Gasteiger partial charge in [-0.25, -0.2) is 4.79 Å². The van der Waals surface area contributed by atoms with E-state index in [9.17, 15) is 4.79 Å². The van der Waals surface area contributed by atoms with E-state index in [1.165, 1.54) is 6.08 Å². The Balaban J connectivity index is 2.34. The van der Waals surface area contributed by atoms with Crippen molar-refractivity contribution in [2.45, 2.75) is 6.92 Å². The second-order valence-electron chi connectivity index (χ2n) is 3.21. The lowest BCUT2D eigenvalue weighted by Crippen LogP contribution is -2.03. The Morgan fingerprint density at radius 3 is 3.06 bits per heavy atom. The number of allylic oxidation sites excluding steroid dienone is 1. The van der Waals surface area contributed by atoms with Crippen LogP contribution in [0, 0.1) is 0 Å². The van der Waals surface area contributed by atoms with Crippen molar-refractivity contribution in [3.8, 4) is 0 Å². The number of nitrogens with two attached hydrogens (primary N) is 1. The molecule has 0 spiro atoms. The van der Waals surface area contributed by atoms with E-state index < -0.39 is 5.97 Å². The summed E-state index contributed by atoms with van der Waals surface area (Å²) >= 11 is 0. The number of pyridine rings is 1. The van der Waals surface area contributed by atoms with Crippen LogP contribution in [0.25, 0.3) is 6.08 Å². The molecule has 4 nitrogen and oxygen atoms in total. The zero-order valence-corrected chi connectivity index (χ0v) is 9.09. The first kappa shape index (κ1) is 12.0. The summed E-state index contributed by atoms with van der Waals surface area (Å²) in [4.78, 5) is 15.0. The number of hydrogen-bond acceptors (Lipinski definition) is 4. The Labute approximate surface area is 94.4 Å². The summed E-state index contributed by atoms with van der Waals surface area (Å²) in [6, 6.07) is 3.75. The highest BCUT2D eigenvalue weighted by Gasteiger charge is 1.94. The van der Waals surface area contributed by atoms with Gasteiger partial charge in [0.05, 0.1) is 0 Å². The Kier molecular flexibility index (Phi) is 4.79. The number of aromatic nitrogens is 1. The van der Waals surface area contributed by atoms with Crippen molar-refractivity contribution in [1.29, 1.82) is 0 Å². The van der Waals surface area contributed by atoms with Crippen LogP contribution in [0.4, 0.5) is 0 Å². The van der Waals surface area contributed by atoms with E-state index >= 15 is 0 Å². The van der Waals surface area contributed by atoms with Crippen LogP contribution in [-0.2, 0) is 9.53 Å². The van der Waals surface area contributed by atoms with E-state index in [1.807, 2.05) is 18.2 Å². The van der Waals surface area contributed by atoms with Crippen LogP contribution in [0.3, 0.4) is 0 Å². The molecule has 1 rings (SSSR count). The normalized spacial score (nSPS) is 11.7. The summed E-state index contributed by atoms with van der Waals surface area (Å²) in [5.41, 5.74) is 6.72. The van der Waals surface area contributed by atoms with Gasteiger partial charge in [-0.15, -0.1) is 0 Å². The lowest BCUT2D eigenvalue weighted by Gasteiger charge is -1.97. The van der Waals surface area contributed by atoms with Crippen molar-refractivity contribution in [1.82, 2.24) is 4.98 Å². The molecule has 0 saturated carbocycles. The molecule has 1 heterocycles. The molecular weight excluding hydrogens is 204 g/mol. The highest BCUT2D eigenvalue weighted by atomic mass is 16.5. The van der Waals surface area contributed by atoms with Crippen molar-refractivity contribution in [2.75, 3.05) is 6.61 Å². The lowest BCUT2D eigenvalue weighted by molar-refractivity contribution is -0.136. The van der Waals surface area contributed by atoms with E-state index in [0.29, 0.717) is 5.70 Å². The molecule has 0 radical (unpaired) electrons. The van der Waals surface area contributed by atoms with E-state index in [0.717, 1.165) is 5.56 Å². The average Bonchev–Trinajstić information content (AvgIpc) is 2.25. The minimum Gasteiger partial charge on any atom is -0.458 e. The van der Waals surface area contributed by atoms with Gasteiger partial charge >= 0.3 is 5.97 Å². The molecule has 0 aliphatic heterocycles. The molecule has 84 valence electrons. The predicted octanol–water partition coefficient (Wildman–Crippen LogP) is 1.50. The summed E-state index contributed by atoms with van der Waals surface area (Å²) in [5.74, 6) is -0.434. The quantitative estimate of drug-likeness (QED) is 0.614. The minimum atomic E-state index is -0.434. The highest BCUT2D eigenvalue weighted by molar-refractivity contribution is 5.82. The average molecular weight is 218 g/mol. The first-order chi connectivity index (χ1) is 7.68. The van der Waals surface area contributed by atoms with Gasteiger partial charge in [-0.1, -0.05) is 12.1 Å². The number of nitrogens with zero attached hydrogens (tertiary/aromatic N) is 1. The smallest absolute Gasteiger partial charge is 0.332 e. The Morgan fingerprint density at radius 1 is 1.62 bits per heavy atom. The van der Waals surface area contributed by atoms with Crippen molar-refractivity contribution in [2.24, 2.45) is 5.73 Å². The molecular formula is C12H14N2O2. The van der Waals surface area contributed by atoms with Gasteiger partial charge < -0.3 is 10.5 Å². The van der Waals surface area contributed by atoms with E-state index in [4.69, 9.17) is 10.5 Å². The number of esters is 1. The monoisotopic (exact) mass is 218 g/mol. The molecule has 1 aromatic rings. The van der Waals surface area contributed by atoms with Crippen molar-refractivity contribution >= 4 is 12.0 Å². The zero-order chi connectivity index (χ0) is 11.8. The summed E-state index contributed by atoms with van der Waals surface area (Å²) in [6.45, 7) is 1.85. The maximum absolute atomic E-state index is 11.0. The van der Waals surface area contributed by atoms with Crippen LogP contribution in [0.2, 0.25) is 0 Å². The van der Waals surface area contributed by atoms with E-state index in [2.05, 4.69) is 4.98 Å². The third-order valence-corrected chi connectivity index (χ3v) is 1.66. The number of hydrogen-bond donors (Lipinski definition) is 1. The molecule has 0 saturated heterocycles.